The average Bonchev–Trinajstić information content (AvgIpc) is 3.30. The number of aryl methyl sites for hydroxylation is 1. The topological polar surface area (TPSA) is 65.8 Å². The van der Waals surface area contributed by atoms with E-state index in [0.29, 0.717) is 11.3 Å². The van der Waals surface area contributed by atoms with Gasteiger partial charge in [0.2, 0.25) is 11.6 Å². The van der Waals surface area contributed by atoms with Gasteiger partial charge in [0.25, 0.3) is 0 Å². The van der Waals surface area contributed by atoms with Crippen molar-refractivity contribution >= 4 is 33.4 Å². The van der Waals surface area contributed by atoms with Crippen LogP contribution in [0, 0.1) is 6.92 Å². The largest absolute Gasteiger partial charge is 0.365 e. The van der Waals surface area contributed by atoms with Crippen LogP contribution in [-0.2, 0) is 0 Å². The third kappa shape index (κ3) is 1.59. The summed E-state index contributed by atoms with van der Waals surface area (Å²) in [7, 11) is 0. The molecular formula is C18H13N3O2. The summed E-state index contributed by atoms with van der Waals surface area (Å²) < 4.78 is 0. The van der Waals surface area contributed by atoms with Gasteiger partial charge < -0.3 is 9.88 Å². The molecule has 0 unspecified atom stereocenters. The quantitative estimate of drug-likeness (QED) is 0.702. The predicted molar refractivity (Wildman–Crippen MR) is 86.7 cm³/mol. The maximum Gasteiger partial charge on any atom is 0.213 e. The highest BCUT2D eigenvalue weighted by Crippen LogP contribution is 2.35. The monoisotopic (exact) mass is 303 g/mol. The molecule has 0 bridgehead atoms. The number of Topliss-reactive ketones (excluding diaryl/α,β-unsaturated/α-hetero) is 1. The fourth-order valence-corrected chi connectivity index (χ4v) is 3.41. The molecule has 0 radical (unpaired) electrons. The Balaban J connectivity index is 1.92. The Morgan fingerprint density at radius 1 is 1.17 bits per heavy atom. The number of benzene rings is 1. The number of H-pyrrole nitrogens is 1. The molecule has 5 heteroatoms. The van der Waals surface area contributed by atoms with Crippen LogP contribution < -0.4 is 0 Å². The Morgan fingerprint density at radius 3 is 2.74 bits per heavy atom. The van der Waals surface area contributed by atoms with Crippen molar-refractivity contribution in [2.75, 3.05) is 13.1 Å². The van der Waals surface area contributed by atoms with Crippen molar-refractivity contribution in [2.24, 2.45) is 0 Å². The van der Waals surface area contributed by atoms with Gasteiger partial charge in [0, 0.05) is 41.1 Å². The molecule has 3 heterocycles. The molecule has 2 aliphatic rings. The van der Waals surface area contributed by atoms with Gasteiger partial charge in [0.05, 0.1) is 16.8 Å². The van der Waals surface area contributed by atoms with Crippen LogP contribution in [0.15, 0.2) is 36.0 Å². The molecule has 1 saturated heterocycles. The first-order valence-electron chi connectivity index (χ1n) is 7.62. The van der Waals surface area contributed by atoms with Crippen molar-refractivity contribution < 1.29 is 9.59 Å². The molecule has 0 atom stereocenters. The number of allylic oxidation sites excluding steroid dienone is 2. The third-order valence-electron chi connectivity index (χ3n) is 4.58. The van der Waals surface area contributed by atoms with Gasteiger partial charge in [0.1, 0.15) is 5.69 Å². The summed E-state index contributed by atoms with van der Waals surface area (Å²) in [5.74, 6) is -0.300. The number of hydrogen-bond donors (Lipinski definition) is 1. The number of carbonyl (C=O) groups excluding carboxylic acids is 2. The van der Waals surface area contributed by atoms with E-state index in [4.69, 9.17) is 0 Å². The Morgan fingerprint density at radius 2 is 1.96 bits per heavy atom. The second-order valence-corrected chi connectivity index (χ2v) is 6.05. The molecule has 1 N–H and O–H groups in total. The van der Waals surface area contributed by atoms with Crippen LogP contribution in [-0.4, -0.2) is 39.5 Å². The predicted octanol–water partition coefficient (Wildman–Crippen LogP) is 2.60. The van der Waals surface area contributed by atoms with Gasteiger partial charge in [0.15, 0.2) is 0 Å². The number of hydrogen-bond acceptors (Lipinski definition) is 4. The van der Waals surface area contributed by atoms with Crippen LogP contribution in [0.2, 0.25) is 0 Å². The van der Waals surface area contributed by atoms with E-state index < -0.39 is 0 Å². The number of fused-ring (bicyclic) bond motifs is 5. The number of aromatic amines is 1. The van der Waals surface area contributed by atoms with Crippen molar-refractivity contribution in [3.05, 3.63) is 53.0 Å². The van der Waals surface area contributed by atoms with E-state index in [0.717, 1.165) is 40.6 Å². The summed E-state index contributed by atoms with van der Waals surface area (Å²) in [4.78, 5) is 35.1. The van der Waals surface area contributed by atoms with Gasteiger partial charge in [-0.15, -0.1) is 0 Å². The summed E-state index contributed by atoms with van der Waals surface area (Å²) in [5.41, 5.74) is 3.60. The summed E-state index contributed by atoms with van der Waals surface area (Å²) in [6.45, 7) is 3.54. The molecule has 1 aliphatic heterocycles. The molecule has 5 nitrogen and oxygen atoms in total. The number of nitrogens with one attached hydrogen (secondary N) is 1. The Kier molecular flexibility index (Phi) is 2.23. The van der Waals surface area contributed by atoms with Gasteiger partial charge in [-0.25, -0.2) is 4.98 Å². The molecule has 0 saturated carbocycles. The Labute approximate surface area is 131 Å². The van der Waals surface area contributed by atoms with Crippen LogP contribution in [0.5, 0.6) is 0 Å². The Hall–Kier alpha value is -2.95. The summed E-state index contributed by atoms with van der Waals surface area (Å²) >= 11 is 0. The second kappa shape index (κ2) is 4.07. The molecule has 5 rings (SSSR count). The molecule has 0 amide bonds. The van der Waals surface area contributed by atoms with E-state index >= 15 is 0 Å². The number of rotatable bonds is 1. The summed E-state index contributed by atoms with van der Waals surface area (Å²) in [6.07, 6.45) is 1.43. The van der Waals surface area contributed by atoms with E-state index in [9.17, 15) is 9.59 Å². The maximum atomic E-state index is 12.9. The number of carbonyl (C=O) groups is 2. The lowest BCUT2D eigenvalue weighted by atomic mass is 9.94. The average molecular weight is 303 g/mol. The van der Waals surface area contributed by atoms with Crippen LogP contribution in [0.1, 0.15) is 26.5 Å². The van der Waals surface area contributed by atoms with Crippen LogP contribution in [0.25, 0.3) is 21.8 Å². The van der Waals surface area contributed by atoms with Crippen molar-refractivity contribution in [3.63, 3.8) is 0 Å². The first-order valence-corrected chi connectivity index (χ1v) is 7.62. The van der Waals surface area contributed by atoms with Gasteiger partial charge in [-0.05, 0) is 13.0 Å². The highest BCUT2D eigenvalue weighted by atomic mass is 16.1. The SMILES string of the molecule is Cc1nc2c(c3[nH]c4ccccc4c13)C(=O)C(N1CC1)=CC2=O. The minimum Gasteiger partial charge on any atom is -0.365 e. The zero-order chi connectivity index (χ0) is 15.7. The maximum absolute atomic E-state index is 12.9. The van der Waals surface area contributed by atoms with Crippen molar-refractivity contribution in [1.29, 1.82) is 0 Å². The van der Waals surface area contributed by atoms with E-state index in [1.54, 1.807) is 0 Å². The first kappa shape index (κ1) is 12.6. The van der Waals surface area contributed by atoms with Crippen molar-refractivity contribution in [1.82, 2.24) is 14.9 Å². The number of aromatic nitrogens is 2. The van der Waals surface area contributed by atoms with Gasteiger partial charge in [-0.1, -0.05) is 18.2 Å². The molecule has 1 aromatic carbocycles. The zero-order valence-electron chi connectivity index (χ0n) is 12.5. The summed E-state index contributed by atoms with van der Waals surface area (Å²) in [5, 5.41) is 1.95. The highest BCUT2D eigenvalue weighted by Gasteiger charge is 2.36. The molecule has 3 aromatic rings. The number of nitrogens with zero attached hydrogens (tertiary/aromatic N) is 2. The standard InChI is InChI=1S/C18H13N3O2/c1-9-14-10-4-2-3-5-11(10)20-17(14)15-16(19-9)13(22)8-12(18(15)23)21-6-7-21/h2-5,8,20H,6-7H2,1H3. The highest BCUT2D eigenvalue weighted by molar-refractivity contribution is 6.29. The van der Waals surface area contributed by atoms with Gasteiger partial charge in [-0.2, -0.15) is 0 Å². The third-order valence-corrected chi connectivity index (χ3v) is 4.58. The Bertz CT molecular complexity index is 1070. The lowest BCUT2D eigenvalue weighted by Gasteiger charge is -2.17. The van der Waals surface area contributed by atoms with Crippen LogP contribution in [0.3, 0.4) is 0 Å². The van der Waals surface area contributed by atoms with Crippen molar-refractivity contribution in [2.45, 2.75) is 6.92 Å². The fraction of sp³-hybridized carbons (Fsp3) is 0.167. The molecule has 0 spiro atoms. The number of pyridine rings is 1. The van der Waals surface area contributed by atoms with E-state index in [1.165, 1.54) is 6.08 Å². The molecular weight excluding hydrogens is 290 g/mol. The lowest BCUT2D eigenvalue weighted by Crippen LogP contribution is -2.23. The van der Waals surface area contributed by atoms with Gasteiger partial charge in [-0.3, -0.25) is 9.59 Å². The smallest absolute Gasteiger partial charge is 0.213 e. The van der Waals surface area contributed by atoms with E-state index in [-0.39, 0.29) is 17.3 Å². The van der Waals surface area contributed by atoms with E-state index in [2.05, 4.69) is 9.97 Å². The lowest BCUT2D eigenvalue weighted by molar-refractivity contribution is 0.0968. The minimum atomic E-state index is -0.190. The molecule has 23 heavy (non-hydrogen) atoms. The van der Waals surface area contributed by atoms with Crippen LogP contribution in [0.4, 0.5) is 0 Å². The zero-order valence-corrected chi connectivity index (χ0v) is 12.5. The van der Waals surface area contributed by atoms with Crippen LogP contribution >= 0.6 is 0 Å². The normalized spacial score (nSPS) is 16.9. The fourth-order valence-electron chi connectivity index (χ4n) is 3.41. The minimum absolute atomic E-state index is 0.110. The molecule has 1 fully saturated rings. The number of ketones is 2. The second-order valence-electron chi connectivity index (χ2n) is 6.05. The first-order chi connectivity index (χ1) is 11.1. The molecule has 112 valence electrons. The van der Waals surface area contributed by atoms with E-state index in [1.807, 2.05) is 36.1 Å². The van der Waals surface area contributed by atoms with Gasteiger partial charge >= 0.3 is 0 Å². The summed E-state index contributed by atoms with van der Waals surface area (Å²) in [6, 6.07) is 7.88. The van der Waals surface area contributed by atoms with Crippen molar-refractivity contribution in [3.8, 4) is 0 Å². The molecule has 2 aromatic heterocycles. The molecule has 1 aliphatic carbocycles. The number of para-hydroxylation sites is 1.